The Hall–Kier alpha value is -2.08. The van der Waals surface area contributed by atoms with Crippen LogP contribution in [0.4, 0.5) is 5.69 Å². The molecule has 0 fully saturated rings. The number of hydrogen-bond acceptors (Lipinski definition) is 4. The second-order valence-electron chi connectivity index (χ2n) is 4.48. The average molecular weight is 263 g/mol. The summed E-state index contributed by atoms with van der Waals surface area (Å²) in [5.41, 5.74) is 3.37. The van der Waals surface area contributed by atoms with Crippen molar-refractivity contribution in [1.82, 2.24) is 10.4 Å². The van der Waals surface area contributed by atoms with E-state index in [4.69, 9.17) is 4.74 Å². The van der Waals surface area contributed by atoms with Crippen molar-refractivity contribution in [3.8, 4) is 5.75 Å². The number of nitrogens with one attached hydrogen (secondary N) is 1. The minimum absolute atomic E-state index is 0.0202. The fourth-order valence-corrected chi connectivity index (χ4v) is 1.92. The van der Waals surface area contributed by atoms with Gasteiger partial charge in [-0.05, 0) is 12.1 Å². The van der Waals surface area contributed by atoms with Gasteiger partial charge in [0.2, 0.25) is 5.91 Å². The number of hydrogen-bond donors (Lipinski definition) is 1. The number of rotatable bonds is 4. The van der Waals surface area contributed by atoms with E-state index in [1.807, 2.05) is 24.3 Å². The quantitative estimate of drug-likeness (QED) is 0.799. The molecule has 1 aliphatic heterocycles. The minimum Gasteiger partial charge on any atom is -0.482 e. The third kappa shape index (κ3) is 3.23. The molecule has 1 aromatic rings. The molecule has 6 heteroatoms. The summed E-state index contributed by atoms with van der Waals surface area (Å²) in [6, 6.07) is 7.32. The molecule has 0 saturated heterocycles. The molecule has 19 heavy (non-hydrogen) atoms. The number of carbonyl (C=O) groups is 2. The molecule has 1 heterocycles. The average Bonchev–Trinajstić information content (AvgIpc) is 2.36. The van der Waals surface area contributed by atoms with Crippen LogP contribution in [-0.4, -0.2) is 44.1 Å². The van der Waals surface area contributed by atoms with E-state index < -0.39 is 0 Å². The van der Waals surface area contributed by atoms with Gasteiger partial charge in [0.25, 0.3) is 5.91 Å². The number of nitrogens with zero attached hydrogens (tertiary/aromatic N) is 2. The summed E-state index contributed by atoms with van der Waals surface area (Å²) in [6.07, 6.45) is 0.248. The molecule has 102 valence electrons. The lowest BCUT2D eigenvalue weighted by Crippen LogP contribution is -2.42. The van der Waals surface area contributed by atoms with Gasteiger partial charge < -0.3 is 9.64 Å². The lowest BCUT2D eigenvalue weighted by atomic mass is 10.2. The molecule has 1 N–H and O–H groups in total. The summed E-state index contributed by atoms with van der Waals surface area (Å²) < 4.78 is 5.34. The van der Waals surface area contributed by atoms with Crippen LogP contribution < -0.4 is 15.1 Å². The van der Waals surface area contributed by atoms with Crippen molar-refractivity contribution in [3.63, 3.8) is 0 Å². The zero-order chi connectivity index (χ0) is 13.8. The predicted molar refractivity (Wildman–Crippen MR) is 70.7 cm³/mol. The summed E-state index contributed by atoms with van der Waals surface area (Å²) in [5, 5.41) is 1.58. The molecule has 2 rings (SSSR count). The molecule has 0 aliphatic carbocycles. The number of para-hydroxylation sites is 2. The smallest absolute Gasteiger partial charge is 0.265 e. The highest BCUT2D eigenvalue weighted by molar-refractivity contribution is 5.98. The summed E-state index contributed by atoms with van der Waals surface area (Å²) >= 11 is 0. The van der Waals surface area contributed by atoms with E-state index in [1.54, 1.807) is 24.0 Å². The zero-order valence-corrected chi connectivity index (χ0v) is 11.0. The van der Waals surface area contributed by atoms with Gasteiger partial charge in [0.1, 0.15) is 5.75 Å². The van der Waals surface area contributed by atoms with Gasteiger partial charge in [0.15, 0.2) is 6.61 Å². The molecule has 1 aromatic carbocycles. The molecule has 0 unspecified atom stereocenters. The van der Waals surface area contributed by atoms with Crippen LogP contribution in [0.2, 0.25) is 0 Å². The predicted octanol–water partition coefficient (Wildman–Crippen LogP) is 0.395. The highest BCUT2D eigenvalue weighted by Gasteiger charge is 2.25. The Bertz CT molecular complexity index is 488. The van der Waals surface area contributed by atoms with E-state index in [9.17, 15) is 9.59 Å². The molecule has 0 bridgehead atoms. The van der Waals surface area contributed by atoms with Crippen molar-refractivity contribution >= 4 is 17.5 Å². The first-order chi connectivity index (χ1) is 9.08. The fraction of sp³-hybridized carbons (Fsp3) is 0.385. The van der Waals surface area contributed by atoms with Crippen LogP contribution in [0, 0.1) is 0 Å². The normalized spacial score (nSPS) is 14.1. The van der Waals surface area contributed by atoms with Gasteiger partial charge in [0.05, 0.1) is 5.69 Å². The maximum Gasteiger partial charge on any atom is 0.265 e. The van der Waals surface area contributed by atoms with Crippen LogP contribution in [0.1, 0.15) is 6.42 Å². The standard InChI is InChI=1S/C13H17N3O3/c1-15(2)14-12(17)7-8-16-10-5-3-4-6-11(10)19-9-13(16)18/h3-6H,7-9H2,1-2H3,(H,14,17). The number of anilines is 1. The molecule has 0 saturated carbocycles. The van der Waals surface area contributed by atoms with E-state index in [1.165, 1.54) is 0 Å². The lowest BCUT2D eigenvalue weighted by molar-refractivity contribution is -0.124. The molecule has 0 radical (unpaired) electrons. The van der Waals surface area contributed by atoms with Gasteiger partial charge in [-0.1, -0.05) is 12.1 Å². The van der Waals surface area contributed by atoms with Gasteiger partial charge in [-0.25, -0.2) is 5.01 Å². The van der Waals surface area contributed by atoms with Gasteiger partial charge in [-0.15, -0.1) is 0 Å². The van der Waals surface area contributed by atoms with Crippen LogP contribution in [0.25, 0.3) is 0 Å². The number of ether oxygens (including phenoxy) is 1. The number of hydrazine groups is 1. The second kappa shape index (κ2) is 5.71. The van der Waals surface area contributed by atoms with E-state index >= 15 is 0 Å². The Morgan fingerprint density at radius 2 is 2.16 bits per heavy atom. The molecule has 0 spiro atoms. The second-order valence-corrected chi connectivity index (χ2v) is 4.48. The molecule has 6 nitrogen and oxygen atoms in total. The SMILES string of the molecule is CN(C)NC(=O)CCN1C(=O)COc2ccccc21. The van der Waals surface area contributed by atoms with Crippen molar-refractivity contribution in [3.05, 3.63) is 24.3 Å². The van der Waals surface area contributed by atoms with E-state index in [-0.39, 0.29) is 24.8 Å². The Morgan fingerprint density at radius 1 is 1.42 bits per heavy atom. The Balaban J connectivity index is 2.03. The maximum atomic E-state index is 11.9. The summed E-state index contributed by atoms with van der Waals surface area (Å²) in [4.78, 5) is 25.0. The fourth-order valence-electron chi connectivity index (χ4n) is 1.92. The molecular weight excluding hydrogens is 246 g/mol. The first-order valence-electron chi connectivity index (χ1n) is 6.07. The van der Waals surface area contributed by atoms with Gasteiger partial charge in [0, 0.05) is 27.1 Å². The topological polar surface area (TPSA) is 61.9 Å². The van der Waals surface area contributed by atoms with Crippen LogP contribution in [0.3, 0.4) is 0 Å². The van der Waals surface area contributed by atoms with Crippen LogP contribution in [0.15, 0.2) is 24.3 Å². The van der Waals surface area contributed by atoms with Crippen molar-refractivity contribution in [2.24, 2.45) is 0 Å². The molecule has 0 atom stereocenters. The number of fused-ring (bicyclic) bond motifs is 1. The van der Waals surface area contributed by atoms with Gasteiger partial charge in [-0.2, -0.15) is 0 Å². The molecule has 2 amide bonds. The summed E-state index contributed by atoms with van der Waals surface area (Å²) in [7, 11) is 3.49. The van der Waals surface area contributed by atoms with E-state index in [2.05, 4.69) is 5.43 Å². The van der Waals surface area contributed by atoms with E-state index in [0.29, 0.717) is 12.3 Å². The monoisotopic (exact) mass is 263 g/mol. The first kappa shape index (κ1) is 13.4. The Morgan fingerprint density at radius 3 is 2.89 bits per heavy atom. The maximum absolute atomic E-state index is 11.9. The van der Waals surface area contributed by atoms with E-state index in [0.717, 1.165) is 5.69 Å². The van der Waals surface area contributed by atoms with Crippen molar-refractivity contribution in [1.29, 1.82) is 0 Å². The highest BCUT2D eigenvalue weighted by Crippen LogP contribution is 2.31. The number of amides is 2. The van der Waals surface area contributed by atoms with Crippen molar-refractivity contribution in [2.45, 2.75) is 6.42 Å². The highest BCUT2D eigenvalue weighted by atomic mass is 16.5. The molecule has 1 aliphatic rings. The largest absolute Gasteiger partial charge is 0.482 e. The van der Waals surface area contributed by atoms with Crippen LogP contribution >= 0.6 is 0 Å². The van der Waals surface area contributed by atoms with Crippen LogP contribution in [-0.2, 0) is 9.59 Å². The third-order valence-electron chi connectivity index (χ3n) is 2.72. The van der Waals surface area contributed by atoms with Crippen molar-refractivity contribution in [2.75, 3.05) is 32.1 Å². The number of carbonyl (C=O) groups excluding carboxylic acids is 2. The molecule has 0 aromatic heterocycles. The Kier molecular flexibility index (Phi) is 4.01. The zero-order valence-electron chi connectivity index (χ0n) is 11.0. The number of benzene rings is 1. The first-order valence-corrected chi connectivity index (χ1v) is 6.07. The van der Waals surface area contributed by atoms with Gasteiger partial charge >= 0.3 is 0 Å². The Labute approximate surface area is 111 Å². The third-order valence-corrected chi connectivity index (χ3v) is 2.72. The van der Waals surface area contributed by atoms with Gasteiger partial charge in [-0.3, -0.25) is 15.0 Å². The summed E-state index contributed by atoms with van der Waals surface area (Å²) in [5.74, 6) is 0.424. The molecular formula is C13H17N3O3. The van der Waals surface area contributed by atoms with Crippen LogP contribution in [0.5, 0.6) is 5.75 Å². The lowest BCUT2D eigenvalue weighted by Gasteiger charge is -2.29. The minimum atomic E-state index is -0.128. The van der Waals surface area contributed by atoms with Crippen molar-refractivity contribution < 1.29 is 14.3 Å². The summed E-state index contributed by atoms with van der Waals surface area (Å²) in [6.45, 7) is 0.366.